The average molecular weight is 396 g/mol. The first-order valence-corrected chi connectivity index (χ1v) is 9.57. The molecule has 6 heteroatoms. The van der Waals surface area contributed by atoms with Crippen LogP contribution in [-0.2, 0) is 0 Å². The Balaban J connectivity index is 1.66. The van der Waals surface area contributed by atoms with E-state index in [1.165, 1.54) is 0 Å². The highest BCUT2D eigenvalue weighted by Gasteiger charge is 2.19. The summed E-state index contributed by atoms with van der Waals surface area (Å²) in [7, 11) is 0. The van der Waals surface area contributed by atoms with Gasteiger partial charge < -0.3 is 0 Å². The summed E-state index contributed by atoms with van der Waals surface area (Å²) >= 11 is 0. The van der Waals surface area contributed by atoms with Crippen molar-refractivity contribution in [3.8, 4) is 0 Å². The first-order chi connectivity index (χ1) is 14.6. The fourth-order valence-corrected chi connectivity index (χ4v) is 3.51. The lowest BCUT2D eigenvalue weighted by atomic mass is 9.88. The standard InChI is InChI=1S/C24H20N4O2/c1-16(21(17-10-4-2-5-11-17)18-12-6-3-7-13-18)25-28-24(30)22-19-14-8-9-15-20(19)23(29)27-26-22/h2-15,21H,1H3,(H,27,29)(H,28,30)/b25-16-. The van der Waals surface area contributed by atoms with E-state index in [-0.39, 0.29) is 17.2 Å². The normalized spacial score (nSPS) is 11.6. The molecule has 3 aromatic carbocycles. The zero-order chi connectivity index (χ0) is 20.9. The van der Waals surface area contributed by atoms with Gasteiger partial charge in [-0.25, -0.2) is 10.5 Å². The van der Waals surface area contributed by atoms with E-state index in [0.717, 1.165) is 16.8 Å². The molecule has 0 saturated heterocycles. The molecular formula is C24H20N4O2. The molecular weight excluding hydrogens is 376 g/mol. The number of carbonyl (C=O) groups is 1. The van der Waals surface area contributed by atoms with Crippen molar-refractivity contribution in [2.45, 2.75) is 12.8 Å². The Morgan fingerprint density at radius 2 is 1.40 bits per heavy atom. The summed E-state index contributed by atoms with van der Waals surface area (Å²) in [5.41, 5.74) is 5.26. The lowest BCUT2D eigenvalue weighted by Crippen LogP contribution is -2.25. The third kappa shape index (κ3) is 3.89. The summed E-state index contributed by atoms with van der Waals surface area (Å²) in [6.07, 6.45) is 0. The molecule has 1 amide bonds. The molecule has 0 aliphatic heterocycles. The van der Waals surface area contributed by atoms with Crippen LogP contribution in [0.2, 0.25) is 0 Å². The van der Waals surface area contributed by atoms with Gasteiger partial charge in [0.05, 0.1) is 5.39 Å². The fraction of sp³-hybridized carbons (Fsp3) is 0.0833. The van der Waals surface area contributed by atoms with E-state index < -0.39 is 5.91 Å². The van der Waals surface area contributed by atoms with Crippen LogP contribution >= 0.6 is 0 Å². The Labute approximate surface area is 173 Å². The molecule has 2 N–H and O–H groups in total. The molecule has 1 aromatic heterocycles. The van der Waals surface area contributed by atoms with Crippen molar-refractivity contribution in [1.29, 1.82) is 0 Å². The van der Waals surface area contributed by atoms with E-state index in [9.17, 15) is 9.59 Å². The number of fused-ring (bicyclic) bond motifs is 1. The number of H-pyrrole nitrogens is 1. The van der Waals surface area contributed by atoms with E-state index >= 15 is 0 Å². The van der Waals surface area contributed by atoms with Crippen molar-refractivity contribution >= 4 is 22.4 Å². The summed E-state index contributed by atoms with van der Waals surface area (Å²) in [6, 6.07) is 26.8. The highest BCUT2D eigenvalue weighted by molar-refractivity contribution is 6.05. The molecule has 0 radical (unpaired) electrons. The van der Waals surface area contributed by atoms with Gasteiger partial charge >= 0.3 is 0 Å². The molecule has 30 heavy (non-hydrogen) atoms. The molecule has 6 nitrogen and oxygen atoms in total. The monoisotopic (exact) mass is 396 g/mol. The molecule has 0 saturated carbocycles. The molecule has 0 aliphatic carbocycles. The zero-order valence-corrected chi connectivity index (χ0v) is 16.4. The number of carbonyl (C=O) groups excluding carboxylic acids is 1. The van der Waals surface area contributed by atoms with Crippen LogP contribution < -0.4 is 11.0 Å². The molecule has 0 aliphatic rings. The van der Waals surface area contributed by atoms with Gasteiger partial charge in [-0.2, -0.15) is 10.2 Å². The molecule has 0 bridgehead atoms. The van der Waals surface area contributed by atoms with Crippen LogP contribution in [0.5, 0.6) is 0 Å². The van der Waals surface area contributed by atoms with Crippen LogP contribution in [0.15, 0.2) is 94.8 Å². The third-order valence-electron chi connectivity index (χ3n) is 4.93. The van der Waals surface area contributed by atoms with E-state index in [4.69, 9.17) is 0 Å². The predicted molar refractivity (Wildman–Crippen MR) is 118 cm³/mol. The second-order valence-corrected chi connectivity index (χ2v) is 6.90. The van der Waals surface area contributed by atoms with Crippen LogP contribution in [0.25, 0.3) is 10.8 Å². The number of nitrogens with one attached hydrogen (secondary N) is 2. The Morgan fingerprint density at radius 3 is 2.00 bits per heavy atom. The Kier molecular flexibility index (Phi) is 5.48. The number of aromatic nitrogens is 2. The highest BCUT2D eigenvalue weighted by atomic mass is 16.2. The lowest BCUT2D eigenvalue weighted by Gasteiger charge is -2.18. The van der Waals surface area contributed by atoms with E-state index in [0.29, 0.717) is 10.8 Å². The second-order valence-electron chi connectivity index (χ2n) is 6.90. The highest BCUT2D eigenvalue weighted by Crippen LogP contribution is 2.26. The van der Waals surface area contributed by atoms with Crippen molar-refractivity contribution in [3.63, 3.8) is 0 Å². The van der Waals surface area contributed by atoms with Crippen LogP contribution in [0, 0.1) is 0 Å². The van der Waals surface area contributed by atoms with Crippen molar-refractivity contribution in [1.82, 2.24) is 15.6 Å². The summed E-state index contributed by atoms with van der Waals surface area (Å²) < 4.78 is 0. The second kappa shape index (κ2) is 8.53. The van der Waals surface area contributed by atoms with Gasteiger partial charge in [0.15, 0.2) is 5.69 Å². The van der Waals surface area contributed by atoms with Crippen LogP contribution in [0.1, 0.15) is 34.5 Å². The van der Waals surface area contributed by atoms with Crippen molar-refractivity contribution in [2.24, 2.45) is 5.10 Å². The van der Waals surface area contributed by atoms with Gasteiger partial charge in [0, 0.05) is 17.0 Å². The van der Waals surface area contributed by atoms with E-state index in [2.05, 4.69) is 20.7 Å². The van der Waals surface area contributed by atoms with Crippen LogP contribution in [0.4, 0.5) is 0 Å². The molecule has 0 fully saturated rings. The SMILES string of the molecule is C/C(=N/NC(=O)c1n[nH]c(=O)c2ccccc12)C(c1ccccc1)c1ccccc1. The number of aromatic amines is 1. The van der Waals surface area contributed by atoms with E-state index in [1.54, 1.807) is 24.3 Å². The molecule has 148 valence electrons. The molecule has 0 unspecified atom stereocenters. The van der Waals surface area contributed by atoms with Crippen molar-refractivity contribution < 1.29 is 4.79 Å². The van der Waals surface area contributed by atoms with Gasteiger partial charge in [-0.15, -0.1) is 0 Å². The molecule has 4 rings (SSSR count). The Morgan fingerprint density at radius 1 is 0.867 bits per heavy atom. The summed E-state index contributed by atoms with van der Waals surface area (Å²) in [4.78, 5) is 24.7. The number of hydrazone groups is 1. The number of rotatable bonds is 5. The van der Waals surface area contributed by atoms with Crippen LogP contribution in [-0.4, -0.2) is 21.8 Å². The van der Waals surface area contributed by atoms with Crippen molar-refractivity contribution in [2.75, 3.05) is 0 Å². The molecule has 0 atom stereocenters. The molecule has 4 aromatic rings. The van der Waals surface area contributed by atoms with Crippen LogP contribution in [0.3, 0.4) is 0 Å². The summed E-state index contributed by atoms with van der Waals surface area (Å²) in [5.74, 6) is -0.588. The smallest absolute Gasteiger partial charge is 0.267 e. The number of nitrogens with zero attached hydrogens (tertiary/aromatic N) is 2. The maximum Gasteiger partial charge on any atom is 0.292 e. The molecule has 1 heterocycles. The quantitative estimate of drug-likeness (QED) is 0.397. The number of hydrogen-bond donors (Lipinski definition) is 2. The van der Waals surface area contributed by atoms with Gasteiger partial charge in [-0.05, 0) is 24.1 Å². The van der Waals surface area contributed by atoms with Gasteiger partial charge in [-0.3, -0.25) is 9.59 Å². The third-order valence-corrected chi connectivity index (χ3v) is 4.93. The topological polar surface area (TPSA) is 87.2 Å². The first-order valence-electron chi connectivity index (χ1n) is 9.57. The Bertz CT molecular complexity index is 1230. The zero-order valence-electron chi connectivity index (χ0n) is 16.4. The van der Waals surface area contributed by atoms with E-state index in [1.807, 2.05) is 67.6 Å². The van der Waals surface area contributed by atoms with Crippen molar-refractivity contribution in [3.05, 3.63) is 112 Å². The summed E-state index contributed by atoms with van der Waals surface area (Å²) in [5, 5.41) is 11.6. The molecule has 0 spiro atoms. The maximum atomic E-state index is 12.8. The van der Waals surface area contributed by atoms with Gasteiger partial charge in [-0.1, -0.05) is 78.9 Å². The summed E-state index contributed by atoms with van der Waals surface area (Å²) in [6.45, 7) is 1.88. The average Bonchev–Trinajstić information content (AvgIpc) is 2.79. The van der Waals surface area contributed by atoms with Gasteiger partial charge in [0.1, 0.15) is 0 Å². The fourth-order valence-electron chi connectivity index (χ4n) is 3.51. The largest absolute Gasteiger partial charge is 0.292 e. The number of benzene rings is 3. The number of hydrogen-bond acceptors (Lipinski definition) is 4. The minimum absolute atomic E-state index is 0.104. The number of amides is 1. The minimum Gasteiger partial charge on any atom is -0.267 e. The lowest BCUT2D eigenvalue weighted by molar-refractivity contribution is 0.0950. The maximum absolute atomic E-state index is 12.8. The van der Waals surface area contributed by atoms with Gasteiger partial charge in [0.2, 0.25) is 0 Å². The first kappa shape index (κ1) is 19.3. The minimum atomic E-state index is -0.485. The van der Waals surface area contributed by atoms with Gasteiger partial charge in [0.25, 0.3) is 11.5 Å². The predicted octanol–water partition coefficient (Wildman–Crippen LogP) is 3.86. The Hall–Kier alpha value is -4.06.